The fraction of sp³-hybridized carbons (Fsp3) is 0. The Labute approximate surface area is 130 Å². The number of rotatable bonds is 2. The first-order valence-corrected chi connectivity index (χ1v) is 6.71. The quantitative estimate of drug-likeness (QED) is 0.763. The fourth-order valence-corrected chi connectivity index (χ4v) is 2.21. The Kier molecular flexibility index (Phi) is 3.61. The van der Waals surface area contributed by atoms with Crippen LogP contribution in [0.5, 0.6) is 0 Å². The molecule has 0 aliphatic heterocycles. The maximum absolute atomic E-state index is 13.6. The van der Waals surface area contributed by atoms with Crippen molar-refractivity contribution in [1.82, 2.24) is 4.98 Å². The Morgan fingerprint density at radius 1 is 1.17 bits per heavy atom. The van der Waals surface area contributed by atoms with Gasteiger partial charge in [-0.3, -0.25) is 9.59 Å². The first kappa shape index (κ1) is 14.5. The van der Waals surface area contributed by atoms with Crippen LogP contribution in [0, 0.1) is 17.1 Å². The van der Waals surface area contributed by atoms with Crippen LogP contribution in [0.1, 0.15) is 15.9 Å². The van der Waals surface area contributed by atoms with E-state index in [4.69, 9.17) is 5.26 Å². The van der Waals surface area contributed by atoms with E-state index in [1.165, 1.54) is 24.4 Å². The van der Waals surface area contributed by atoms with E-state index < -0.39 is 17.2 Å². The Hall–Kier alpha value is -3.46. The van der Waals surface area contributed by atoms with Crippen LogP contribution in [0.15, 0.2) is 53.5 Å². The van der Waals surface area contributed by atoms with Gasteiger partial charge in [0.05, 0.1) is 17.1 Å². The number of nitrogens with one attached hydrogen (secondary N) is 2. The van der Waals surface area contributed by atoms with E-state index in [1.807, 2.05) is 6.07 Å². The zero-order chi connectivity index (χ0) is 16.4. The maximum atomic E-state index is 13.6. The molecule has 23 heavy (non-hydrogen) atoms. The van der Waals surface area contributed by atoms with Gasteiger partial charge in [-0.05, 0) is 36.4 Å². The number of aromatic amines is 1. The number of pyridine rings is 1. The van der Waals surface area contributed by atoms with E-state index in [1.54, 1.807) is 24.3 Å². The minimum absolute atomic E-state index is 0.0624. The second kappa shape index (κ2) is 5.73. The molecule has 0 bridgehead atoms. The molecule has 0 aliphatic rings. The van der Waals surface area contributed by atoms with Gasteiger partial charge in [0.2, 0.25) is 5.43 Å². The van der Waals surface area contributed by atoms with Gasteiger partial charge in [0.1, 0.15) is 11.4 Å². The van der Waals surface area contributed by atoms with E-state index in [-0.39, 0.29) is 16.5 Å². The van der Waals surface area contributed by atoms with Crippen molar-refractivity contribution in [2.24, 2.45) is 0 Å². The molecular weight excluding hydrogens is 297 g/mol. The Bertz CT molecular complexity index is 1000. The number of carbonyl (C=O) groups is 1. The number of nitrogens with zero attached hydrogens (tertiary/aromatic N) is 1. The summed E-state index contributed by atoms with van der Waals surface area (Å²) in [7, 11) is 0. The van der Waals surface area contributed by atoms with Crippen LogP contribution in [-0.2, 0) is 0 Å². The van der Waals surface area contributed by atoms with Gasteiger partial charge in [0.15, 0.2) is 0 Å². The highest BCUT2D eigenvalue weighted by Gasteiger charge is 2.14. The Morgan fingerprint density at radius 2 is 1.91 bits per heavy atom. The molecule has 0 saturated heterocycles. The lowest BCUT2D eigenvalue weighted by atomic mass is 10.1. The predicted molar refractivity (Wildman–Crippen MR) is 83.6 cm³/mol. The number of aromatic nitrogens is 1. The van der Waals surface area contributed by atoms with Crippen LogP contribution in [0.25, 0.3) is 10.9 Å². The summed E-state index contributed by atoms with van der Waals surface area (Å²) >= 11 is 0. The number of fused-ring (bicyclic) bond motifs is 1. The molecule has 5 nitrogen and oxygen atoms in total. The minimum Gasteiger partial charge on any atom is -0.358 e. The number of amides is 1. The number of H-pyrrole nitrogens is 1. The normalized spacial score (nSPS) is 10.3. The molecule has 0 fully saturated rings. The van der Waals surface area contributed by atoms with Gasteiger partial charge in [-0.1, -0.05) is 6.07 Å². The zero-order valence-electron chi connectivity index (χ0n) is 11.8. The molecule has 0 aliphatic carbocycles. The van der Waals surface area contributed by atoms with E-state index in [9.17, 15) is 14.0 Å². The van der Waals surface area contributed by atoms with Crippen LogP contribution in [0.4, 0.5) is 10.1 Å². The highest BCUT2D eigenvalue weighted by Crippen LogP contribution is 2.14. The number of hydrogen-bond donors (Lipinski definition) is 2. The van der Waals surface area contributed by atoms with Crippen molar-refractivity contribution < 1.29 is 9.18 Å². The predicted octanol–water partition coefficient (Wildman–Crippen LogP) is 2.79. The van der Waals surface area contributed by atoms with Crippen molar-refractivity contribution in [2.45, 2.75) is 0 Å². The van der Waals surface area contributed by atoms with Gasteiger partial charge in [-0.25, -0.2) is 4.39 Å². The molecular formula is C17H10FN3O2. The smallest absolute Gasteiger partial charge is 0.261 e. The number of carbonyl (C=O) groups excluding carboxylic acids is 1. The lowest BCUT2D eigenvalue weighted by Crippen LogP contribution is -2.22. The largest absolute Gasteiger partial charge is 0.358 e. The van der Waals surface area contributed by atoms with Gasteiger partial charge in [-0.2, -0.15) is 5.26 Å². The minimum atomic E-state index is -0.609. The Morgan fingerprint density at radius 3 is 2.61 bits per heavy atom. The molecule has 2 N–H and O–H groups in total. The number of anilines is 1. The van der Waals surface area contributed by atoms with Crippen molar-refractivity contribution in [3.63, 3.8) is 0 Å². The third kappa shape index (κ3) is 2.68. The lowest BCUT2D eigenvalue weighted by Gasteiger charge is -2.06. The van der Waals surface area contributed by atoms with Crippen molar-refractivity contribution in [1.29, 1.82) is 5.26 Å². The van der Waals surface area contributed by atoms with Crippen LogP contribution >= 0.6 is 0 Å². The number of nitriles is 1. The van der Waals surface area contributed by atoms with Gasteiger partial charge in [-0.15, -0.1) is 0 Å². The van der Waals surface area contributed by atoms with Crippen molar-refractivity contribution in [3.8, 4) is 6.07 Å². The molecule has 3 aromatic rings. The molecule has 3 rings (SSSR count). The van der Waals surface area contributed by atoms with Gasteiger partial charge in [0, 0.05) is 17.3 Å². The van der Waals surface area contributed by atoms with Gasteiger partial charge in [0.25, 0.3) is 5.91 Å². The van der Waals surface area contributed by atoms with E-state index in [0.717, 1.165) is 0 Å². The topological polar surface area (TPSA) is 85.8 Å². The molecule has 0 saturated carbocycles. The molecule has 1 aromatic heterocycles. The molecule has 0 unspecified atom stereocenters. The highest BCUT2D eigenvalue weighted by molar-refractivity contribution is 6.05. The SMILES string of the molecule is N#Cc1ccc(NC(=O)c2c[nH]c3c(F)cccc3c2=O)cc1. The first-order valence-electron chi connectivity index (χ1n) is 6.71. The fourth-order valence-electron chi connectivity index (χ4n) is 2.21. The summed E-state index contributed by atoms with van der Waals surface area (Å²) in [4.78, 5) is 27.2. The number of hydrogen-bond acceptors (Lipinski definition) is 3. The molecule has 0 radical (unpaired) electrons. The summed E-state index contributed by atoms with van der Waals surface area (Å²) in [6.07, 6.45) is 1.19. The number of halogens is 1. The average molecular weight is 307 g/mol. The molecule has 6 heteroatoms. The van der Waals surface area contributed by atoms with Crippen LogP contribution in [0.2, 0.25) is 0 Å². The van der Waals surface area contributed by atoms with E-state index in [2.05, 4.69) is 10.3 Å². The third-order valence-corrected chi connectivity index (χ3v) is 3.38. The number of para-hydroxylation sites is 1. The van der Waals surface area contributed by atoms with Crippen molar-refractivity contribution in [3.05, 3.63) is 75.8 Å². The monoisotopic (exact) mass is 307 g/mol. The van der Waals surface area contributed by atoms with E-state index >= 15 is 0 Å². The maximum Gasteiger partial charge on any atom is 0.261 e. The summed E-state index contributed by atoms with van der Waals surface area (Å²) in [5.41, 5.74) is 0.305. The molecule has 2 aromatic carbocycles. The zero-order valence-corrected chi connectivity index (χ0v) is 11.8. The lowest BCUT2D eigenvalue weighted by molar-refractivity contribution is 0.102. The number of benzene rings is 2. The second-order valence-electron chi connectivity index (χ2n) is 4.84. The molecule has 1 amide bonds. The summed E-state index contributed by atoms with van der Waals surface area (Å²) < 4.78 is 13.6. The van der Waals surface area contributed by atoms with Gasteiger partial charge >= 0.3 is 0 Å². The highest BCUT2D eigenvalue weighted by atomic mass is 19.1. The summed E-state index contributed by atoms with van der Waals surface area (Å²) in [6.45, 7) is 0. The summed E-state index contributed by atoms with van der Waals surface area (Å²) in [5.74, 6) is -1.17. The second-order valence-corrected chi connectivity index (χ2v) is 4.84. The standard InChI is InChI=1S/C17H10FN3O2/c18-14-3-1-2-12-15(14)20-9-13(16(12)22)17(23)21-11-6-4-10(8-19)5-7-11/h1-7,9H,(H,20,22)(H,21,23). The van der Waals surface area contributed by atoms with Crippen LogP contribution in [0.3, 0.4) is 0 Å². The molecule has 1 heterocycles. The first-order chi connectivity index (χ1) is 11.1. The van der Waals surface area contributed by atoms with Gasteiger partial charge < -0.3 is 10.3 Å². The molecule has 0 spiro atoms. The van der Waals surface area contributed by atoms with Crippen molar-refractivity contribution in [2.75, 3.05) is 5.32 Å². The third-order valence-electron chi connectivity index (χ3n) is 3.38. The van der Waals surface area contributed by atoms with Crippen LogP contribution < -0.4 is 10.7 Å². The summed E-state index contributed by atoms with van der Waals surface area (Å²) in [5, 5.41) is 11.4. The van der Waals surface area contributed by atoms with E-state index in [0.29, 0.717) is 11.3 Å². The van der Waals surface area contributed by atoms with Crippen LogP contribution in [-0.4, -0.2) is 10.9 Å². The average Bonchev–Trinajstić information content (AvgIpc) is 2.56. The molecule has 112 valence electrons. The van der Waals surface area contributed by atoms with Crippen molar-refractivity contribution >= 4 is 22.5 Å². The summed E-state index contributed by atoms with van der Waals surface area (Å²) in [6, 6.07) is 12.3. The Balaban J connectivity index is 1.96. The molecule has 0 atom stereocenters.